The summed E-state index contributed by atoms with van der Waals surface area (Å²) >= 11 is 0. The summed E-state index contributed by atoms with van der Waals surface area (Å²) < 4.78 is 5.57. The molecule has 0 aliphatic carbocycles. The number of carbonyl (C=O) groups excluding carboxylic acids is 1. The van der Waals surface area contributed by atoms with Gasteiger partial charge in [-0.05, 0) is 37.0 Å². The van der Waals surface area contributed by atoms with Gasteiger partial charge in [-0.15, -0.1) is 0 Å². The predicted octanol–water partition coefficient (Wildman–Crippen LogP) is 2.42. The second kappa shape index (κ2) is 8.59. The minimum Gasteiger partial charge on any atom is -0.484 e. The highest BCUT2D eigenvalue weighted by atomic mass is 16.5. The molecule has 0 atom stereocenters. The van der Waals surface area contributed by atoms with Crippen LogP contribution in [0.4, 0.5) is 0 Å². The zero-order valence-corrected chi connectivity index (χ0v) is 12.6. The third-order valence-corrected chi connectivity index (χ3v) is 3.21. The molecule has 0 aliphatic rings. The molecule has 0 bridgehead atoms. The zero-order valence-electron chi connectivity index (χ0n) is 12.6. The van der Waals surface area contributed by atoms with E-state index in [1.807, 2.05) is 25.1 Å². The number of aliphatic hydroxyl groups excluding tert-OH is 1. The molecule has 0 spiro atoms. The maximum absolute atomic E-state index is 12.0. The SMILES string of the molecule is CCN(CCCO)C(=O)COc1cccc(C(C)C)c1. The number of hydrogen-bond donors (Lipinski definition) is 1. The number of nitrogens with zero attached hydrogens (tertiary/aromatic N) is 1. The van der Waals surface area contributed by atoms with Gasteiger partial charge >= 0.3 is 0 Å². The summed E-state index contributed by atoms with van der Waals surface area (Å²) in [5.41, 5.74) is 1.20. The lowest BCUT2D eigenvalue weighted by molar-refractivity contribution is -0.133. The van der Waals surface area contributed by atoms with Gasteiger partial charge in [-0.25, -0.2) is 0 Å². The van der Waals surface area contributed by atoms with Gasteiger partial charge in [0.2, 0.25) is 0 Å². The second-order valence-electron chi connectivity index (χ2n) is 5.07. The van der Waals surface area contributed by atoms with Crippen LogP contribution in [-0.2, 0) is 4.79 Å². The number of rotatable bonds is 8. The third kappa shape index (κ3) is 5.21. The van der Waals surface area contributed by atoms with Crippen LogP contribution >= 0.6 is 0 Å². The molecule has 4 heteroatoms. The van der Waals surface area contributed by atoms with Crippen molar-refractivity contribution in [3.05, 3.63) is 29.8 Å². The third-order valence-electron chi connectivity index (χ3n) is 3.21. The Labute approximate surface area is 121 Å². The van der Waals surface area contributed by atoms with E-state index in [2.05, 4.69) is 19.9 Å². The van der Waals surface area contributed by atoms with Crippen molar-refractivity contribution in [2.75, 3.05) is 26.3 Å². The standard InChI is InChI=1S/C16H25NO3/c1-4-17(9-6-10-18)16(19)12-20-15-8-5-7-14(11-15)13(2)3/h5,7-8,11,13,18H,4,6,9-10,12H2,1-3H3. The molecule has 20 heavy (non-hydrogen) atoms. The van der Waals surface area contributed by atoms with Crippen LogP contribution < -0.4 is 4.74 Å². The van der Waals surface area contributed by atoms with Gasteiger partial charge in [-0.1, -0.05) is 26.0 Å². The largest absolute Gasteiger partial charge is 0.484 e. The first-order valence-corrected chi connectivity index (χ1v) is 7.19. The van der Waals surface area contributed by atoms with Gasteiger partial charge in [0.25, 0.3) is 5.91 Å². The van der Waals surface area contributed by atoms with Gasteiger partial charge in [0.1, 0.15) is 5.75 Å². The predicted molar refractivity (Wildman–Crippen MR) is 80.0 cm³/mol. The molecule has 1 N–H and O–H groups in total. The molecule has 0 saturated carbocycles. The summed E-state index contributed by atoms with van der Waals surface area (Å²) in [7, 11) is 0. The highest BCUT2D eigenvalue weighted by Gasteiger charge is 2.12. The van der Waals surface area contributed by atoms with E-state index in [0.29, 0.717) is 25.4 Å². The van der Waals surface area contributed by atoms with Crippen LogP contribution in [0.3, 0.4) is 0 Å². The van der Waals surface area contributed by atoms with Crippen LogP contribution in [0.2, 0.25) is 0 Å². The molecule has 1 aromatic rings. The van der Waals surface area contributed by atoms with Crippen LogP contribution in [0, 0.1) is 0 Å². The summed E-state index contributed by atoms with van der Waals surface area (Å²) in [6.07, 6.45) is 0.600. The Kier molecular flexibility index (Phi) is 7.09. The van der Waals surface area contributed by atoms with E-state index in [1.165, 1.54) is 5.56 Å². The Hall–Kier alpha value is -1.55. The highest BCUT2D eigenvalue weighted by Crippen LogP contribution is 2.20. The lowest BCUT2D eigenvalue weighted by Gasteiger charge is -2.20. The van der Waals surface area contributed by atoms with E-state index >= 15 is 0 Å². The molecule has 0 unspecified atom stereocenters. The molecular formula is C16H25NO3. The van der Waals surface area contributed by atoms with Crippen LogP contribution in [0.15, 0.2) is 24.3 Å². The molecule has 0 aromatic heterocycles. The molecule has 112 valence electrons. The van der Waals surface area contributed by atoms with Gasteiger partial charge in [0.05, 0.1) is 0 Å². The van der Waals surface area contributed by atoms with E-state index in [1.54, 1.807) is 4.90 Å². The summed E-state index contributed by atoms with van der Waals surface area (Å²) in [5.74, 6) is 1.12. The number of carbonyl (C=O) groups is 1. The molecule has 0 fully saturated rings. The fourth-order valence-electron chi connectivity index (χ4n) is 1.92. The molecule has 4 nitrogen and oxygen atoms in total. The minimum absolute atomic E-state index is 0.0425. The molecule has 1 aromatic carbocycles. The van der Waals surface area contributed by atoms with Crippen molar-refractivity contribution in [3.8, 4) is 5.75 Å². The van der Waals surface area contributed by atoms with E-state index in [9.17, 15) is 4.79 Å². The number of amides is 1. The van der Waals surface area contributed by atoms with Crippen molar-refractivity contribution < 1.29 is 14.6 Å². The summed E-state index contributed by atoms with van der Waals surface area (Å²) in [4.78, 5) is 13.7. The topological polar surface area (TPSA) is 49.8 Å². The number of likely N-dealkylation sites (N-methyl/N-ethyl adjacent to an activating group) is 1. The van der Waals surface area contributed by atoms with Crippen molar-refractivity contribution in [3.63, 3.8) is 0 Å². The first-order chi connectivity index (χ1) is 9.58. The minimum atomic E-state index is -0.0455. The molecule has 0 heterocycles. The normalized spacial score (nSPS) is 10.7. The van der Waals surface area contributed by atoms with E-state index in [0.717, 1.165) is 5.75 Å². The first kappa shape index (κ1) is 16.5. The van der Waals surface area contributed by atoms with Gasteiger partial charge < -0.3 is 14.7 Å². The monoisotopic (exact) mass is 279 g/mol. The van der Waals surface area contributed by atoms with Crippen molar-refractivity contribution in [1.82, 2.24) is 4.90 Å². The van der Waals surface area contributed by atoms with Crippen LogP contribution in [0.25, 0.3) is 0 Å². The van der Waals surface area contributed by atoms with E-state index < -0.39 is 0 Å². The number of aliphatic hydroxyl groups is 1. The number of hydrogen-bond acceptors (Lipinski definition) is 3. The average molecular weight is 279 g/mol. The Morgan fingerprint density at radius 1 is 1.40 bits per heavy atom. The van der Waals surface area contributed by atoms with Crippen LogP contribution in [0.5, 0.6) is 5.75 Å². The van der Waals surface area contributed by atoms with Crippen LogP contribution in [0.1, 0.15) is 38.7 Å². The molecular weight excluding hydrogens is 254 g/mol. The Morgan fingerprint density at radius 3 is 2.75 bits per heavy atom. The Morgan fingerprint density at radius 2 is 2.15 bits per heavy atom. The smallest absolute Gasteiger partial charge is 0.260 e. The van der Waals surface area contributed by atoms with Crippen molar-refractivity contribution in [1.29, 1.82) is 0 Å². The van der Waals surface area contributed by atoms with Crippen LogP contribution in [-0.4, -0.2) is 42.2 Å². The highest BCUT2D eigenvalue weighted by molar-refractivity contribution is 5.77. The number of benzene rings is 1. The van der Waals surface area contributed by atoms with E-state index in [4.69, 9.17) is 9.84 Å². The molecule has 0 aliphatic heterocycles. The van der Waals surface area contributed by atoms with Gasteiger partial charge in [-0.3, -0.25) is 4.79 Å². The maximum atomic E-state index is 12.0. The van der Waals surface area contributed by atoms with Crippen molar-refractivity contribution in [2.45, 2.75) is 33.1 Å². The van der Waals surface area contributed by atoms with Crippen molar-refractivity contribution >= 4 is 5.91 Å². The average Bonchev–Trinajstić information content (AvgIpc) is 2.46. The fourth-order valence-corrected chi connectivity index (χ4v) is 1.92. The summed E-state index contributed by atoms with van der Waals surface area (Å²) in [6.45, 7) is 7.52. The quantitative estimate of drug-likeness (QED) is 0.795. The molecule has 1 rings (SSSR count). The van der Waals surface area contributed by atoms with E-state index in [-0.39, 0.29) is 19.1 Å². The van der Waals surface area contributed by atoms with Crippen molar-refractivity contribution in [2.24, 2.45) is 0 Å². The summed E-state index contributed by atoms with van der Waals surface area (Å²) in [6, 6.07) is 7.84. The Balaban J connectivity index is 2.53. The molecule has 0 saturated heterocycles. The fraction of sp³-hybridized carbons (Fsp3) is 0.562. The Bertz CT molecular complexity index is 418. The second-order valence-corrected chi connectivity index (χ2v) is 5.07. The lowest BCUT2D eigenvalue weighted by Crippen LogP contribution is -2.35. The summed E-state index contributed by atoms with van der Waals surface area (Å²) in [5, 5.41) is 8.81. The van der Waals surface area contributed by atoms with Gasteiger partial charge in [-0.2, -0.15) is 0 Å². The number of ether oxygens (including phenoxy) is 1. The maximum Gasteiger partial charge on any atom is 0.260 e. The zero-order chi connectivity index (χ0) is 15.0. The molecule has 1 amide bonds. The lowest BCUT2D eigenvalue weighted by atomic mass is 10.0. The molecule has 0 radical (unpaired) electrons. The van der Waals surface area contributed by atoms with Gasteiger partial charge in [0, 0.05) is 19.7 Å². The first-order valence-electron chi connectivity index (χ1n) is 7.19. The van der Waals surface area contributed by atoms with Gasteiger partial charge in [0.15, 0.2) is 6.61 Å².